The average molecular weight is 496 g/mol. The van der Waals surface area contributed by atoms with Crippen molar-refractivity contribution in [2.24, 2.45) is 11.8 Å². The SMILES string of the molecule is C[C@@H]1COC[C@H](C)C1Oc1ccc(-c2ccnc3cc(-c4ccc(C(=O)N(C)C)cc4)oc23)cc1C#N. The number of hydrogen-bond donors (Lipinski definition) is 0. The molecule has 5 rings (SSSR count). The number of nitriles is 1. The molecule has 1 fully saturated rings. The van der Waals surface area contributed by atoms with E-state index in [4.69, 9.17) is 13.9 Å². The Kier molecular flexibility index (Phi) is 6.68. The van der Waals surface area contributed by atoms with Gasteiger partial charge in [-0.1, -0.05) is 32.0 Å². The maximum atomic E-state index is 12.2. The van der Waals surface area contributed by atoms with Crippen LogP contribution in [0.3, 0.4) is 0 Å². The lowest BCUT2D eigenvalue weighted by Crippen LogP contribution is -2.41. The number of benzene rings is 2. The molecule has 3 heterocycles. The zero-order valence-electron chi connectivity index (χ0n) is 21.4. The first kappa shape index (κ1) is 24.5. The van der Waals surface area contributed by atoms with Crippen molar-refractivity contribution in [3.63, 3.8) is 0 Å². The molecule has 0 aliphatic carbocycles. The van der Waals surface area contributed by atoms with E-state index >= 15 is 0 Å². The minimum Gasteiger partial charge on any atom is -0.488 e. The van der Waals surface area contributed by atoms with Crippen LogP contribution in [0, 0.1) is 23.2 Å². The van der Waals surface area contributed by atoms with Crippen LogP contribution in [0.25, 0.3) is 33.6 Å². The Bertz CT molecular complexity index is 1470. The largest absolute Gasteiger partial charge is 0.488 e. The fourth-order valence-corrected chi connectivity index (χ4v) is 4.80. The summed E-state index contributed by atoms with van der Waals surface area (Å²) in [4.78, 5) is 18.2. The van der Waals surface area contributed by atoms with Gasteiger partial charge in [-0.15, -0.1) is 0 Å². The van der Waals surface area contributed by atoms with Crippen LogP contribution in [0.4, 0.5) is 0 Å². The van der Waals surface area contributed by atoms with Crippen LogP contribution in [0.15, 0.2) is 65.2 Å². The molecule has 4 aromatic rings. The number of carbonyl (C=O) groups excluding carboxylic acids is 1. The first-order valence-corrected chi connectivity index (χ1v) is 12.3. The third-order valence-corrected chi connectivity index (χ3v) is 6.79. The van der Waals surface area contributed by atoms with Gasteiger partial charge in [-0.3, -0.25) is 9.78 Å². The molecule has 0 radical (unpaired) electrons. The van der Waals surface area contributed by atoms with Crippen LogP contribution in [0.1, 0.15) is 29.8 Å². The number of carbonyl (C=O) groups is 1. The first-order valence-electron chi connectivity index (χ1n) is 12.3. The van der Waals surface area contributed by atoms with Gasteiger partial charge in [0.25, 0.3) is 5.91 Å². The number of aromatic nitrogens is 1. The van der Waals surface area contributed by atoms with E-state index in [0.717, 1.165) is 16.7 Å². The molecule has 2 aromatic carbocycles. The zero-order valence-corrected chi connectivity index (χ0v) is 21.4. The fourth-order valence-electron chi connectivity index (χ4n) is 4.80. The van der Waals surface area contributed by atoms with E-state index < -0.39 is 0 Å². The number of ether oxygens (including phenoxy) is 2. The normalized spacial score (nSPS) is 19.4. The second kappa shape index (κ2) is 10.1. The summed E-state index contributed by atoms with van der Waals surface area (Å²) in [6.07, 6.45) is 1.73. The molecule has 7 heteroatoms. The van der Waals surface area contributed by atoms with Crippen LogP contribution in [-0.4, -0.2) is 49.2 Å². The van der Waals surface area contributed by atoms with Gasteiger partial charge in [0.2, 0.25) is 0 Å². The highest BCUT2D eigenvalue weighted by molar-refractivity contribution is 5.95. The average Bonchev–Trinajstić information content (AvgIpc) is 3.35. The molecular formula is C30H29N3O4. The Labute approximate surface area is 216 Å². The topological polar surface area (TPSA) is 88.6 Å². The second-order valence-electron chi connectivity index (χ2n) is 9.86. The van der Waals surface area contributed by atoms with Crippen molar-refractivity contribution >= 4 is 17.0 Å². The number of hydrogen-bond acceptors (Lipinski definition) is 6. The summed E-state index contributed by atoms with van der Waals surface area (Å²) in [5, 5.41) is 9.90. The Morgan fingerprint density at radius 3 is 2.41 bits per heavy atom. The van der Waals surface area contributed by atoms with Gasteiger partial charge in [-0.2, -0.15) is 5.26 Å². The minimum absolute atomic E-state index is 0.00799. The highest BCUT2D eigenvalue weighted by Crippen LogP contribution is 2.36. The van der Waals surface area contributed by atoms with Crippen molar-refractivity contribution in [1.29, 1.82) is 5.26 Å². The van der Waals surface area contributed by atoms with Crippen LogP contribution >= 0.6 is 0 Å². The van der Waals surface area contributed by atoms with Gasteiger partial charge in [0.1, 0.15) is 29.2 Å². The standard InChI is InChI=1S/C30H29N3O4/c1-18-16-35-17-19(2)28(18)36-26-10-9-22(13-23(26)15-31)24-11-12-32-25-14-27(37-29(24)25)20-5-7-21(8-6-20)30(34)33(3)4/h5-14,18-19,28H,16-17H2,1-4H3/t18-,19+,28?. The summed E-state index contributed by atoms with van der Waals surface area (Å²) >= 11 is 0. The van der Waals surface area contributed by atoms with E-state index in [2.05, 4.69) is 24.9 Å². The third kappa shape index (κ3) is 4.81. The molecule has 1 amide bonds. The van der Waals surface area contributed by atoms with E-state index in [0.29, 0.717) is 47.0 Å². The fraction of sp³-hybridized carbons (Fsp3) is 0.300. The molecule has 1 aliphatic heterocycles. The van der Waals surface area contributed by atoms with Crippen molar-refractivity contribution in [2.75, 3.05) is 27.3 Å². The number of rotatable bonds is 5. The minimum atomic E-state index is -0.0541. The van der Waals surface area contributed by atoms with Gasteiger partial charge in [-0.05, 0) is 35.9 Å². The highest BCUT2D eigenvalue weighted by atomic mass is 16.5. The number of amides is 1. The van der Waals surface area contributed by atoms with E-state index in [1.807, 2.05) is 42.5 Å². The summed E-state index contributed by atoms with van der Waals surface area (Å²) in [5.41, 5.74) is 4.96. The van der Waals surface area contributed by atoms with Gasteiger partial charge in [-0.25, -0.2) is 0 Å². The molecular weight excluding hydrogens is 466 g/mol. The van der Waals surface area contributed by atoms with Crippen molar-refractivity contribution in [2.45, 2.75) is 20.0 Å². The molecule has 0 bridgehead atoms. The summed E-state index contributed by atoms with van der Waals surface area (Å²) in [5.74, 6) is 1.66. The quantitative estimate of drug-likeness (QED) is 0.348. The highest BCUT2D eigenvalue weighted by Gasteiger charge is 2.31. The second-order valence-corrected chi connectivity index (χ2v) is 9.86. The molecule has 188 valence electrons. The number of fused-ring (bicyclic) bond motifs is 1. The van der Waals surface area contributed by atoms with Crippen LogP contribution < -0.4 is 4.74 Å². The Balaban J connectivity index is 1.47. The molecule has 2 aromatic heterocycles. The Morgan fingerprint density at radius 1 is 1.03 bits per heavy atom. The third-order valence-electron chi connectivity index (χ3n) is 6.79. The van der Waals surface area contributed by atoms with Crippen LogP contribution in [0.2, 0.25) is 0 Å². The van der Waals surface area contributed by atoms with Crippen molar-refractivity contribution in [3.05, 3.63) is 71.9 Å². The summed E-state index contributed by atoms with van der Waals surface area (Å²) in [7, 11) is 3.45. The Morgan fingerprint density at radius 2 is 1.73 bits per heavy atom. The zero-order chi connectivity index (χ0) is 26.1. The maximum absolute atomic E-state index is 12.2. The van der Waals surface area contributed by atoms with Crippen LogP contribution in [0.5, 0.6) is 5.75 Å². The molecule has 0 spiro atoms. The number of nitrogens with zero attached hydrogens (tertiary/aromatic N) is 3. The maximum Gasteiger partial charge on any atom is 0.253 e. The molecule has 7 nitrogen and oxygen atoms in total. The summed E-state index contributed by atoms with van der Waals surface area (Å²) in [6.45, 7) is 5.52. The van der Waals surface area contributed by atoms with E-state index in [-0.39, 0.29) is 23.8 Å². The molecule has 37 heavy (non-hydrogen) atoms. The van der Waals surface area contributed by atoms with Crippen LogP contribution in [-0.2, 0) is 4.74 Å². The smallest absolute Gasteiger partial charge is 0.253 e. The Hall–Kier alpha value is -4.15. The number of pyridine rings is 1. The predicted octanol–water partition coefficient (Wildman–Crippen LogP) is 5.79. The van der Waals surface area contributed by atoms with Crippen molar-refractivity contribution < 1.29 is 18.7 Å². The van der Waals surface area contributed by atoms with E-state index in [9.17, 15) is 10.1 Å². The molecule has 1 aliphatic rings. The molecule has 1 saturated heterocycles. The molecule has 1 unspecified atom stereocenters. The predicted molar refractivity (Wildman–Crippen MR) is 141 cm³/mol. The van der Waals surface area contributed by atoms with Crippen molar-refractivity contribution in [3.8, 4) is 34.3 Å². The van der Waals surface area contributed by atoms with Gasteiger partial charge < -0.3 is 18.8 Å². The van der Waals surface area contributed by atoms with Gasteiger partial charge in [0.15, 0.2) is 5.58 Å². The number of furan rings is 1. The monoisotopic (exact) mass is 495 g/mol. The molecule has 0 saturated carbocycles. The van der Waals surface area contributed by atoms with E-state index in [1.165, 1.54) is 0 Å². The van der Waals surface area contributed by atoms with E-state index in [1.54, 1.807) is 37.3 Å². The van der Waals surface area contributed by atoms with Gasteiger partial charge in [0.05, 0.1) is 18.8 Å². The first-order chi connectivity index (χ1) is 17.9. The lowest BCUT2D eigenvalue weighted by atomic mass is 9.92. The summed E-state index contributed by atoms with van der Waals surface area (Å²) in [6, 6.07) is 19.0. The molecule has 0 N–H and O–H groups in total. The lowest BCUT2D eigenvalue weighted by molar-refractivity contribution is -0.0551. The molecule has 3 atom stereocenters. The van der Waals surface area contributed by atoms with Gasteiger partial charge in [0, 0.05) is 54.9 Å². The summed E-state index contributed by atoms with van der Waals surface area (Å²) < 4.78 is 18.2. The van der Waals surface area contributed by atoms with Crippen molar-refractivity contribution in [1.82, 2.24) is 9.88 Å². The lowest BCUT2D eigenvalue weighted by Gasteiger charge is -2.34. The van der Waals surface area contributed by atoms with Gasteiger partial charge >= 0.3 is 0 Å².